The second kappa shape index (κ2) is 5.07. The number of amides is 1. The Hall–Kier alpha value is -1.06. The van der Waals surface area contributed by atoms with E-state index >= 15 is 0 Å². The van der Waals surface area contributed by atoms with Gasteiger partial charge in [0.15, 0.2) is 0 Å². The molecule has 1 saturated heterocycles. The van der Waals surface area contributed by atoms with Crippen LogP contribution in [-0.2, 0) is 9.59 Å². The monoisotopic (exact) mass is 239 g/mol. The van der Waals surface area contributed by atoms with Gasteiger partial charge in [-0.25, -0.2) is 0 Å². The van der Waals surface area contributed by atoms with E-state index in [1.54, 1.807) is 0 Å². The maximum Gasteiger partial charge on any atom is 0.308 e. The van der Waals surface area contributed by atoms with Crippen molar-refractivity contribution in [3.63, 3.8) is 0 Å². The average Bonchev–Trinajstić information content (AvgIpc) is 2.71. The first-order chi connectivity index (χ1) is 8.13. The molecule has 0 aromatic carbocycles. The van der Waals surface area contributed by atoms with Gasteiger partial charge in [-0.3, -0.25) is 9.59 Å². The minimum absolute atomic E-state index is 0.0442. The molecule has 3 atom stereocenters. The fourth-order valence-electron chi connectivity index (χ4n) is 3.29. The summed E-state index contributed by atoms with van der Waals surface area (Å²) in [7, 11) is 0. The van der Waals surface area contributed by atoms with E-state index in [0.29, 0.717) is 18.5 Å². The van der Waals surface area contributed by atoms with Gasteiger partial charge in [-0.15, -0.1) is 0 Å². The third-order valence-corrected chi connectivity index (χ3v) is 4.30. The van der Waals surface area contributed by atoms with Crippen molar-refractivity contribution in [3.05, 3.63) is 0 Å². The summed E-state index contributed by atoms with van der Waals surface area (Å²) in [6, 6.07) is 0.297. The molecule has 0 aromatic rings. The molecule has 3 unspecified atom stereocenters. The van der Waals surface area contributed by atoms with Gasteiger partial charge in [0, 0.05) is 19.0 Å². The fraction of sp³-hybridized carbons (Fsp3) is 0.846. The van der Waals surface area contributed by atoms with E-state index in [1.165, 1.54) is 19.3 Å². The molecule has 2 aliphatic rings. The van der Waals surface area contributed by atoms with Crippen LogP contribution in [0, 0.1) is 11.8 Å². The standard InChI is InChI=1S/C13H21NO3/c1-2-9-5-3-4-6-11(9)14-8-10(13(16)17)7-12(14)15/h9-11H,2-8H2,1H3,(H,16,17). The third kappa shape index (κ3) is 2.45. The Labute approximate surface area is 102 Å². The van der Waals surface area contributed by atoms with Crippen molar-refractivity contribution in [1.82, 2.24) is 4.90 Å². The number of nitrogens with zero attached hydrogens (tertiary/aromatic N) is 1. The van der Waals surface area contributed by atoms with Crippen molar-refractivity contribution in [2.45, 2.75) is 51.5 Å². The van der Waals surface area contributed by atoms with Crippen molar-refractivity contribution in [1.29, 1.82) is 0 Å². The van der Waals surface area contributed by atoms with Crippen LogP contribution in [0.2, 0.25) is 0 Å². The maximum atomic E-state index is 11.9. The number of hydrogen-bond acceptors (Lipinski definition) is 2. The van der Waals surface area contributed by atoms with Crippen LogP contribution in [0.5, 0.6) is 0 Å². The van der Waals surface area contributed by atoms with Crippen molar-refractivity contribution in [2.75, 3.05) is 6.54 Å². The van der Waals surface area contributed by atoms with Gasteiger partial charge in [-0.05, 0) is 18.8 Å². The number of carboxylic acids is 1. The maximum absolute atomic E-state index is 11.9. The highest BCUT2D eigenvalue weighted by Gasteiger charge is 2.40. The minimum atomic E-state index is -0.829. The van der Waals surface area contributed by atoms with E-state index in [2.05, 4.69) is 6.92 Å². The third-order valence-electron chi connectivity index (χ3n) is 4.30. The Bertz CT molecular complexity index is 316. The molecule has 1 aliphatic heterocycles. The predicted octanol–water partition coefficient (Wildman–Crippen LogP) is 1.89. The van der Waals surface area contributed by atoms with E-state index < -0.39 is 11.9 Å². The number of carboxylic acid groups (broad SMARTS) is 1. The second-order valence-electron chi connectivity index (χ2n) is 5.31. The van der Waals surface area contributed by atoms with Gasteiger partial charge in [0.2, 0.25) is 5.91 Å². The number of carbonyl (C=O) groups excluding carboxylic acids is 1. The summed E-state index contributed by atoms with van der Waals surface area (Å²) in [6.45, 7) is 2.59. The molecule has 4 heteroatoms. The average molecular weight is 239 g/mol. The molecule has 1 aliphatic carbocycles. The molecule has 4 nitrogen and oxygen atoms in total. The fourth-order valence-corrected chi connectivity index (χ4v) is 3.29. The zero-order chi connectivity index (χ0) is 12.4. The highest BCUT2D eigenvalue weighted by atomic mass is 16.4. The molecule has 2 rings (SSSR count). The lowest BCUT2D eigenvalue weighted by atomic mass is 9.82. The Balaban J connectivity index is 2.05. The van der Waals surface area contributed by atoms with Crippen LogP contribution in [0.4, 0.5) is 0 Å². The van der Waals surface area contributed by atoms with Gasteiger partial charge < -0.3 is 10.0 Å². The molecule has 1 heterocycles. The first-order valence-corrected chi connectivity index (χ1v) is 6.65. The molecule has 1 N–H and O–H groups in total. The first kappa shape index (κ1) is 12.4. The number of carbonyl (C=O) groups is 2. The van der Waals surface area contributed by atoms with E-state index in [0.717, 1.165) is 12.8 Å². The van der Waals surface area contributed by atoms with Crippen LogP contribution < -0.4 is 0 Å². The first-order valence-electron chi connectivity index (χ1n) is 6.65. The molecular formula is C13H21NO3. The normalized spacial score (nSPS) is 34.1. The summed E-state index contributed by atoms with van der Waals surface area (Å²) in [5.41, 5.74) is 0. The number of hydrogen-bond donors (Lipinski definition) is 1. The second-order valence-corrected chi connectivity index (χ2v) is 5.31. The SMILES string of the molecule is CCC1CCCCC1N1CC(C(=O)O)CC1=O. The number of likely N-dealkylation sites (tertiary alicyclic amines) is 1. The van der Waals surface area contributed by atoms with Gasteiger partial charge >= 0.3 is 5.97 Å². The number of rotatable bonds is 3. The molecule has 1 saturated carbocycles. The Kier molecular flexibility index (Phi) is 3.69. The summed E-state index contributed by atoms with van der Waals surface area (Å²) in [6.07, 6.45) is 5.94. The molecule has 96 valence electrons. The minimum Gasteiger partial charge on any atom is -0.481 e. The topological polar surface area (TPSA) is 57.6 Å². The molecule has 0 radical (unpaired) electrons. The predicted molar refractivity (Wildman–Crippen MR) is 63.5 cm³/mol. The molecular weight excluding hydrogens is 218 g/mol. The van der Waals surface area contributed by atoms with Gasteiger partial charge in [-0.1, -0.05) is 26.2 Å². The van der Waals surface area contributed by atoms with Crippen LogP contribution in [0.3, 0.4) is 0 Å². The Morgan fingerprint density at radius 1 is 1.41 bits per heavy atom. The summed E-state index contributed by atoms with van der Waals surface area (Å²) in [4.78, 5) is 24.7. The summed E-state index contributed by atoms with van der Waals surface area (Å²) in [5, 5.41) is 8.99. The van der Waals surface area contributed by atoms with Gasteiger partial charge in [0.05, 0.1) is 5.92 Å². The molecule has 1 amide bonds. The van der Waals surface area contributed by atoms with E-state index in [4.69, 9.17) is 5.11 Å². The Morgan fingerprint density at radius 3 is 2.71 bits per heavy atom. The van der Waals surface area contributed by atoms with Gasteiger partial charge in [0.1, 0.15) is 0 Å². The van der Waals surface area contributed by atoms with Crippen LogP contribution in [0.15, 0.2) is 0 Å². The molecule has 0 bridgehead atoms. The lowest BCUT2D eigenvalue weighted by Gasteiger charge is -2.37. The van der Waals surface area contributed by atoms with Crippen LogP contribution >= 0.6 is 0 Å². The van der Waals surface area contributed by atoms with Crippen LogP contribution in [-0.4, -0.2) is 34.5 Å². The molecule has 0 spiro atoms. The number of aliphatic carboxylic acids is 1. The largest absolute Gasteiger partial charge is 0.481 e. The van der Waals surface area contributed by atoms with E-state index in [9.17, 15) is 9.59 Å². The molecule has 0 aromatic heterocycles. The quantitative estimate of drug-likeness (QED) is 0.818. The van der Waals surface area contributed by atoms with Crippen LogP contribution in [0.1, 0.15) is 45.4 Å². The lowest BCUT2D eigenvalue weighted by Crippen LogP contribution is -2.43. The highest BCUT2D eigenvalue weighted by Crippen LogP contribution is 2.34. The molecule has 2 fully saturated rings. The van der Waals surface area contributed by atoms with Crippen molar-refractivity contribution >= 4 is 11.9 Å². The zero-order valence-corrected chi connectivity index (χ0v) is 10.4. The van der Waals surface area contributed by atoms with Crippen LogP contribution in [0.25, 0.3) is 0 Å². The summed E-state index contributed by atoms with van der Waals surface area (Å²) < 4.78 is 0. The summed E-state index contributed by atoms with van der Waals surface area (Å²) in [5.74, 6) is -0.699. The molecule has 17 heavy (non-hydrogen) atoms. The highest BCUT2D eigenvalue weighted by molar-refractivity contribution is 5.86. The Morgan fingerprint density at radius 2 is 2.12 bits per heavy atom. The van der Waals surface area contributed by atoms with E-state index in [1.807, 2.05) is 4.90 Å². The summed E-state index contributed by atoms with van der Waals surface area (Å²) >= 11 is 0. The smallest absolute Gasteiger partial charge is 0.308 e. The van der Waals surface area contributed by atoms with Gasteiger partial charge in [0.25, 0.3) is 0 Å². The van der Waals surface area contributed by atoms with Crippen molar-refractivity contribution < 1.29 is 14.7 Å². The van der Waals surface area contributed by atoms with Crippen molar-refractivity contribution in [2.24, 2.45) is 11.8 Å². The zero-order valence-electron chi connectivity index (χ0n) is 10.4. The van der Waals surface area contributed by atoms with Crippen molar-refractivity contribution in [3.8, 4) is 0 Å². The van der Waals surface area contributed by atoms with Gasteiger partial charge in [-0.2, -0.15) is 0 Å². The lowest BCUT2D eigenvalue weighted by molar-refractivity contribution is -0.141. The van der Waals surface area contributed by atoms with E-state index in [-0.39, 0.29) is 12.3 Å².